The van der Waals surface area contributed by atoms with Crippen molar-refractivity contribution in [2.45, 2.75) is 24.5 Å². The zero-order chi connectivity index (χ0) is 20.1. The van der Waals surface area contributed by atoms with Crippen LogP contribution in [0.3, 0.4) is 0 Å². The average molecular weight is 428 g/mol. The molecular weight excluding hydrogens is 411 g/mol. The van der Waals surface area contributed by atoms with E-state index in [9.17, 15) is 14.8 Å². The fraction of sp³-hybridized carbons (Fsp3) is 0.333. The Hall–Kier alpha value is -1.89. The Kier molecular flexibility index (Phi) is 4.98. The normalized spacial score (nSPS) is 25.6. The van der Waals surface area contributed by atoms with E-state index in [0.717, 1.165) is 10.4 Å². The number of fused-ring (bicyclic) bond motifs is 1. The Morgan fingerprint density at radius 2 is 2.11 bits per heavy atom. The Balaban J connectivity index is 1.73. The van der Waals surface area contributed by atoms with Crippen LogP contribution in [0.5, 0.6) is 0 Å². The van der Waals surface area contributed by atoms with Gasteiger partial charge in [-0.05, 0) is 11.4 Å². The highest BCUT2D eigenvalue weighted by Crippen LogP contribution is 2.41. The summed E-state index contributed by atoms with van der Waals surface area (Å²) in [5.41, 5.74) is 7.17. The molecule has 0 unspecified atom stereocenters. The van der Waals surface area contributed by atoms with E-state index in [2.05, 4.69) is 14.5 Å². The molecule has 4 rings (SSSR count). The quantitative estimate of drug-likeness (QED) is 0.359. The van der Waals surface area contributed by atoms with Gasteiger partial charge in [0.2, 0.25) is 0 Å². The largest absolute Gasteiger partial charge is 0.469 e. The highest BCUT2D eigenvalue weighted by Gasteiger charge is 2.45. The van der Waals surface area contributed by atoms with Crippen LogP contribution >= 0.6 is 19.2 Å². The molecule has 0 amide bonds. The van der Waals surface area contributed by atoms with Crippen molar-refractivity contribution in [3.8, 4) is 10.4 Å². The predicted molar refractivity (Wildman–Crippen MR) is 99.2 cm³/mol. The van der Waals surface area contributed by atoms with Gasteiger partial charge in [0.05, 0.1) is 12.0 Å². The molecule has 28 heavy (non-hydrogen) atoms. The van der Waals surface area contributed by atoms with Gasteiger partial charge in [-0.2, -0.15) is 0 Å². The fourth-order valence-corrected chi connectivity index (χ4v) is 4.27. The summed E-state index contributed by atoms with van der Waals surface area (Å²) in [6.45, 7) is -0.590. The number of hydrogen-bond acceptors (Lipinski definition) is 9. The van der Waals surface area contributed by atoms with Crippen molar-refractivity contribution in [2.75, 3.05) is 12.3 Å². The van der Waals surface area contributed by atoms with Crippen LogP contribution in [0.1, 0.15) is 6.23 Å². The summed E-state index contributed by atoms with van der Waals surface area (Å²) in [4.78, 5) is 26.9. The van der Waals surface area contributed by atoms with Crippen LogP contribution < -0.4 is 5.73 Å². The van der Waals surface area contributed by atoms with E-state index in [1.54, 1.807) is 6.20 Å². The molecule has 150 valence electrons. The number of nitrogens with two attached hydrogens (primary N) is 1. The van der Waals surface area contributed by atoms with Crippen molar-refractivity contribution < 1.29 is 33.8 Å². The number of aliphatic hydroxyl groups is 2. The van der Waals surface area contributed by atoms with Crippen LogP contribution in [-0.2, 0) is 13.8 Å². The summed E-state index contributed by atoms with van der Waals surface area (Å²) in [5, 5.41) is 23.2. The molecule has 6 N–H and O–H groups in total. The molecule has 4 heterocycles. The van der Waals surface area contributed by atoms with Crippen molar-refractivity contribution in [2.24, 2.45) is 0 Å². The van der Waals surface area contributed by atoms with Crippen molar-refractivity contribution in [3.63, 3.8) is 0 Å². The molecule has 1 aliphatic heterocycles. The highest BCUT2D eigenvalue weighted by molar-refractivity contribution is 7.46. The molecular formula is C15H17N4O7PS. The van der Waals surface area contributed by atoms with Gasteiger partial charge in [0.25, 0.3) is 0 Å². The average Bonchev–Trinajstić information content (AvgIpc) is 3.33. The van der Waals surface area contributed by atoms with Crippen LogP contribution in [0.4, 0.5) is 5.82 Å². The van der Waals surface area contributed by atoms with E-state index in [0.29, 0.717) is 11.0 Å². The zero-order valence-electron chi connectivity index (χ0n) is 14.2. The number of anilines is 1. The van der Waals surface area contributed by atoms with Gasteiger partial charge in [0.15, 0.2) is 6.23 Å². The smallest absolute Gasteiger partial charge is 0.387 e. The molecule has 3 aromatic heterocycles. The first-order chi connectivity index (χ1) is 13.3. The molecule has 0 aliphatic carbocycles. The number of nitrogens with zero attached hydrogens (tertiary/aromatic N) is 3. The first-order valence-corrected chi connectivity index (χ1v) is 10.5. The second-order valence-corrected chi connectivity index (χ2v) is 8.40. The molecule has 0 bridgehead atoms. The highest BCUT2D eigenvalue weighted by atomic mass is 32.1. The minimum atomic E-state index is -4.75. The summed E-state index contributed by atoms with van der Waals surface area (Å²) < 4.78 is 22.5. The Bertz CT molecular complexity index is 1040. The number of aromatic nitrogens is 3. The van der Waals surface area contributed by atoms with Crippen molar-refractivity contribution in [1.82, 2.24) is 14.5 Å². The number of nitrogen functional groups attached to an aromatic ring is 1. The van der Waals surface area contributed by atoms with Crippen LogP contribution in [0, 0.1) is 0 Å². The van der Waals surface area contributed by atoms with Crippen LogP contribution in [0.15, 0.2) is 30.0 Å². The van der Waals surface area contributed by atoms with E-state index >= 15 is 0 Å². The molecule has 1 saturated heterocycles. The number of hydrogen-bond donors (Lipinski definition) is 5. The molecule has 3 aromatic rings. The van der Waals surface area contributed by atoms with Crippen LogP contribution in [0.25, 0.3) is 21.5 Å². The van der Waals surface area contributed by atoms with Crippen molar-refractivity contribution >= 4 is 36.0 Å². The van der Waals surface area contributed by atoms with Crippen molar-refractivity contribution in [3.05, 3.63) is 30.0 Å². The molecule has 1 aliphatic rings. The zero-order valence-corrected chi connectivity index (χ0v) is 15.9. The Morgan fingerprint density at radius 1 is 1.32 bits per heavy atom. The number of thiophene rings is 1. The molecule has 0 saturated carbocycles. The van der Waals surface area contributed by atoms with Crippen LogP contribution in [-0.4, -0.2) is 59.5 Å². The third-order valence-corrected chi connectivity index (χ3v) is 5.83. The molecule has 0 spiro atoms. The van der Waals surface area contributed by atoms with E-state index in [-0.39, 0.29) is 5.82 Å². The lowest BCUT2D eigenvalue weighted by atomic mass is 10.1. The van der Waals surface area contributed by atoms with E-state index < -0.39 is 39.0 Å². The van der Waals surface area contributed by atoms with E-state index in [1.807, 2.05) is 17.5 Å². The summed E-state index contributed by atoms with van der Waals surface area (Å²) >= 11 is 1.48. The molecule has 13 heteroatoms. The fourth-order valence-electron chi connectivity index (χ4n) is 3.19. The third-order valence-electron chi connectivity index (χ3n) is 4.44. The third kappa shape index (κ3) is 3.45. The van der Waals surface area contributed by atoms with E-state index in [1.165, 1.54) is 22.2 Å². The summed E-state index contributed by atoms with van der Waals surface area (Å²) in [5.74, 6) is 0.251. The number of phosphoric acid groups is 1. The monoisotopic (exact) mass is 428 g/mol. The predicted octanol–water partition coefficient (Wildman–Crippen LogP) is 0.470. The maximum atomic E-state index is 10.9. The molecule has 1 fully saturated rings. The van der Waals surface area contributed by atoms with Gasteiger partial charge in [-0.3, -0.25) is 4.52 Å². The minimum absolute atomic E-state index is 0.251. The Morgan fingerprint density at radius 3 is 2.79 bits per heavy atom. The second-order valence-electron chi connectivity index (χ2n) is 6.22. The van der Waals surface area contributed by atoms with Gasteiger partial charge in [-0.15, -0.1) is 11.3 Å². The molecule has 0 aromatic carbocycles. The van der Waals surface area contributed by atoms with Gasteiger partial charge in [0, 0.05) is 16.6 Å². The number of phosphoric ester groups is 1. The van der Waals surface area contributed by atoms with E-state index in [4.69, 9.17) is 20.3 Å². The lowest BCUT2D eigenvalue weighted by molar-refractivity contribution is -0.0501. The SMILES string of the molecule is Nc1ncnc2c1c(-c1cccs1)cn2[C@@H]1O[C@H](COP(=O)(O)O)[C@@H](O)[C@H]1O. The topological polar surface area (TPSA) is 173 Å². The lowest BCUT2D eigenvalue weighted by Crippen LogP contribution is -2.33. The molecule has 4 atom stereocenters. The van der Waals surface area contributed by atoms with Gasteiger partial charge in [-0.1, -0.05) is 6.07 Å². The van der Waals surface area contributed by atoms with Crippen molar-refractivity contribution in [1.29, 1.82) is 0 Å². The lowest BCUT2D eigenvalue weighted by Gasteiger charge is -2.17. The minimum Gasteiger partial charge on any atom is -0.387 e. The van der Waals surface area contributed by atoms with Gasteiger partial charge >= 0.3 is 7.82 Å². The number of aliphatic hydroxyl groups excluding tert-OH is 2. The van der Waals surface area contributed by atoms with Crippen LogP contribution in [0.2, 0.25) is 0 Å². The Labute approximate surface area is 162 Å². The number of rotatable bonds is 5. The van der Waals surface area contributed by atoms with Gasteiger partial charge in [-0.25, -0.2) is 14.5 Å². The standard InChI is InChI=1S/C15H17N4O7PS/c16-13-10-7(9-2-1-3-28-9)4-19(14(10)18-6-17-13)15-12(21)11(20)8(26-15)5-25-27(22,23)24/h1-4,6,8,11-12,15,20-21H,5H2,(H2,16,17,18)(H2,22,23,24)/t8-,11-,12-,15-/m1/s1. The molecule has 11 nitrogen and oxygen atoms in total. The first-order valence-electron chi connectivity index (χ1n) is 8.13. The summed E-state index contributed by atoms with van der Waals surface area (Å²) in [7, 11) is -4.75. The first kappa shape index (κ1) is 19.4. The van der Waals surface area contributed by atoms with Gasteiger partial charge < -0.3 is 35.0 Å². The summed E-state index contributed by atoms with van der Waals surface area (Å²) in [6.07, 6.45) is -2.04. The molecule has 0 radical (unpaired) electrons. The second kappa shape index (κ2) is 7.17. The van der Waals surface area contributed by atoms with Gasteiger partial charge in [0.1, 0.15) is 36.1 Å². The number of ether oxygens (including phenoxy) is 1. The summed E-state index contributed by atoms with van der Waals surface area (Å²) in [6, 6.07) is 3.77. The maximum absolute atomic E-state index is 10.9. The maximum Gasteiger partial charge on any atom is 0.469 e.